The van der Waals surface area contributed by atoms with Gasteiger partial charge in [0.15, 0.2) is 0 Å². The maximum absolute atomic E-state index is 12.9. The van der Waals surface area contributed by atoms with Crippen molar-refractivity contribution in [3.05, 3.63) is 101 Å². The molecule has 1 unspecified atom stereocenters. The number of carbonyl (C=O) groups is 1. The van der Waals surface area contributed by atoms with Crippen LogP contribution in [0.25, 0.3) is 21.1 Å². The highest BCUT2D eigenvalue weighted by Gasteiger charge is 2.21. The van der Waals surface area contributed by atoms with Crippen LogP contribution in [0.5, 0.6) is 0 Å². The molecule has 2 aromatic heterocycles. The van der Waals surface area contributed by atoms with Gasteiger partial charge in [-0.2, -0.15) is 0 Å². The summed E-state index contributed by atoms with van der Waals surface area (Å²) in [5.74, 6) is -0.0882. The minimum Gasteiger partial charge on any atom is -0.361 e. The number of rotatable bonds is 5. The van der Waals surface area contributed by atoms with Crippen LogP contribution in [0.2, 0.25) is 0 Å². The van der Waals surface area contributed by atoms with Crippen molar-refractivity contribution in [1.82, 2.24) is 15.3 Å². The zero-order valence-corrected chi connectivity index (χ0v) is 16.4. The Kier molecular flexibility index (Phi) is 4.58. The lowest BCUT2D eigenvalue weighted by molar-refractivity contribution is 0.0936. The summed E-state index contributed by atoms with van der Waals surface area (Å²) in [4.78, 5) is 21.0. The normalized spacial score (nSPS) is 12.3. The molecule has 5 heteroatoms. The predicted octanol–water partition coefficient (Wildman–Crippen LogP) is 5.49. The van der Waals surface area contributed by atoms with Gasteiger partial charge in [-0.25, -0.2) is 4.98 Å². The topological polar surface area (TPSA) is 57.8 Å². The van der Waals surface area contributed by atoms with Gasteiger partial charge in [0.05, 0.1) is 16.3 Å². The van der Waals surface area contributed by atoms with Gasteiger partial charge in [0.2, 0.25) is 0 Å². The van der Waals surface area contributed by atoms with Crippen molar-refractivity contribution in [1.29, 1.82) is 0 Å². The maximum atomic E-state index is 12.9. The Morgan fingerprint density at radius 1 is 0.966 bits per heavy atom. The third-order valence-electron chi connectivity index (χ3n) is 5.05. The number of aromatic amines is 1. The molecule has 29 heavy (non-hydrogen) atoms. The molecule has 0 radical (unpaired) electrons. The minimum atomic E-state index is -0.209. The van der Waals surface area contributed by atoms with Gasteiger partial charge >= 0.3 is 0 Å². The van der Waals surface area contributed by atoms with E-state index in [1.54, 1.807) is 11.3 Å². The summed E-state index contributed by atoms with van der Waals surface area (Å²) in [6.45, 7) is 0. The third kappa shape index (κ3) is 3.52. The highest BCUT2D eigenvalue weighted by atomic mass is 32.1. The van der Waals surface area contributed by atoms with Crippen molar-refractivity contribution in [3.63, 3.8) is 0 Å². The predicted molar refractivity (Wildman–Crippen MR) is 118 cm³/mol. The number of H-pyrrole nitrogens is 1. The van der Waals surface area contributed by atoms with E-state index in [1.165, 1.54) is 10.9 Å². The monoisotopic (exact) mass is 397 g/mol. The van der Waals surface area contributed by atoms with Crippen molar-refractivity contribution in [2.24, 2.45) is 0 Å². The standard InChI is InChI=1S/C24H19N3OS/c28-23(16-8-2-1-3-9-16)26-21(24-27-20-12-6-7-13-22(20)29-24)14-17-15-25-19-11-5-4-10-18(17)19/h1-13,15,21,25H,14H2,(H,26,28). The first-order chi connectivity index (χ1) is 14.3. The van der Waals surface area contributed by atoms with E-state index in [0.29, 0.717) is 12.0 Å². The average Bonchev–Trinajstić information content (AvgIpc) is 3.38. The lowest BCUT2D eigenvalue weighted by Gasteiger charge is -2.16. The number of fused-ring (bicyclic) bond motifs is 2. The fourth-order valence-electron chi connectivity index (χ4n) is 3.59. The number of thiazole rings is 1. The van der Waals surface area contributed by atoms with E-state index >= 15 is 0 Å². The molecule has 0 aliphatic heterocycles. The van der Waals surface area contributed by atoms with Gasteiger partial charge in [-0.05, 0) is 35.9 Å². The maximum Gasteiger partial charge on any atom is 0.251 e. The Bertz CT molecular complexity index is 1260. The SMILES string of the molecule is O=C(NC(Cc1c[nH]c2ccccc12)c1nc2ccccc2s1)c1ccccc1. The Morgan fingerprint density at radius 3 is 2.59 bits per heavy atom. The largest absolute Gasteiger partial charge is 0.361 e. The quantitative estimate of drug-likeness (QED) is 0.412. The Morgan fingerprint density at radius 2 is 1.72 bits per heavy atom. The Balaban J connectivity index is 1.52. The number of nitrogens with one attached hydrogen (secondary N) is 2. The molecule has 142 valence electrons. The van der Waals surface area contributed by atoms with Crippen LogP contribution < -0.4 is 5.32 Å². The first-order valence-corrected chi connectivity index (χ1v) is 10.4. The smallest absolute Gasteiger partial charge is 0.251 e. The van der Waals surface area contributed by atoms with Gasteiger partial charge in [0.25, 0.3) is 5.91 Å². The highest BCUT2D eigenvalue weighted by molar-refractivity contribution is 7.18. The van der Waals surface area contributed by atoms with Crippen LogP contribution in [-0.2, 0) is 6.42 Å². The molecule has 0 aliphatic rings. The molecule has 0 fully saturated rings. The number of carbonyl (C=O) groups excluding carboxylic acids is 1. The number of benzene rings is 3. The number of hydrogen-bond acceptors (Lipinski definition) is 3. The van der Waals surface area contributed by atoms with Crippen LogP contribution in [0, 0.1) is 0 Å². The fraction of sp³-hybridized carbons (Fsp3) is 0.0833. The molecule has 2 heterocycles. The number of aromatic nitrogens is 2. The molecule has 0 aliphatic carbocycles. The summed E-state index contributed by atoms with van der Waals surface area (Å²) >= 11 is 1.63. The van der Waals surface area contributed by atoms with E-state index in [9.17, 15) is 4.79 Å². The van der Waals surface area contributed by atoms with Gasteiger partial charge in [-0.15, -0.1) is 11.3 Å². The van der Waals surface area contributed by atoms with Crippen LogP contribution in [-0.4, -0.2) is 15.9 Å². The van der Waals surface area contributed by atoms with Crippen molar-refractivity contribution in [3.8, 4) is 0 Å². The van der Waals surface area contributed by atoms with Crippen LogP contribution in [0.4, 0.5) is 0 Å². The summed E-state index contributed by atoms with van der Waals surface area (Å²) in [6.07, 6.45) is 2.70. The molecule has 0 saturated heterocycles. The number of nitrogens with zero attached hydrogens (tertiary/aromatic N) is 1. The first kappa shape index (κ1) is 17.6. The molecular formula is C24H19N3OS. The van der Waals surface area contributed by atoms with E-state index in [2.05, 4.69) is 28.5 Å². The lowest BCUT2D eigenvalue weighted by atomic mass is 10.0. The van der Waals surface area contributed by atoms with Gasteiger partial charge in [0, 0.05) is 29.1 Å². The molecule has 0 spiro atoms. The van der Waals surface area contributed by atoms with E-state index in [0.717, 1.165) is 20.7 Å². The van der Waals surface area contributed by atoms with Gasteiger partial charge in [-0.3, -0.25) is 4.79 Å². The van der Waals surface area contributed by atoms with Crippen molar-refractivity contribution in [2.45, 2.75) is 12.5 Å². The molecule has 0 bridgehead atoms. The molecule has 1 atom stereocenters. The second-order valence-corrected chi connectivity index (χ2v) is 8.04. The summed E-state index contributed by atoms with van der Waals surface area (Å²) in [5.41, 5.74) is 3.88. The Hall–Kier alpha value is -3.44. The van der Waals surface area contributed by atoms with Crippen LogP contribution in [0.1, 0.15) is 27.0 Å². The second-order valence-electron chi connectivity index (χ2n) is 6.98. The summed E-state index contributed by atoms with van der Waals surface area (Å²) in [6, 6.07) is 25.4. The van der Waals surface area contributed by atoms with Crippen molar-refractivity contribution >= 4 is 38.4 Å². The summed E-state index contributed by atoms with van der Waals surface area (Å²) < 4.78 is 1.13. The zero-order valence-electron chi connectivity index (χ0n) is 15.6. The molecule has 3 aromatic carbocycles. The van der Waals surface area contributed by atoms with E-state index in [1.807, 2.05) is 66.9 Å². The van der Waals surface area contributed by atoms with Crippen molar-refractivity contribution < 1.29 is 4.79 Å². The number of para-hydroxylation sites is 2. The summed E-state index contributed by atoms with van der Waals surface area (Å²) in [7, 11) is 0. The first-order valence-electron chi connectivity index (χ1n) is 9.54. The van der Waals surface area contributed by atoms with E-state index in [-0.39, 0.29) is 11.9 Å². The minimum absolute atomic E-state index is 0.0882. The van der Waals surface area contributed by atoms with Crippen molar-refractivity contribution in [2.75, 3.05) is 0 Å². The average molecular weight is 398 g/mol. The summed E-state index contributed by atoms with van der Waals surface area (Å²) in [5, 5.41) is 5.30. The zero-order chi connectivity index (χ0) is 19.6. The number of amides is 1. The Labute approximate surface area is 172 Å². The molecule has 5 rings (SSSR count). The van der Waals surface area contributed by atoms with Gasteiger partial charge in [0.1, 0.15) is 5.01 Å². The molecule has 2 N–H and O–H groups in total. The second kappa shape index (κ2) is 7.53. The van der Waals surface area contributed by atoms with E-state index < -0.39 is 0 Å². The molecule has 0 saturated carbocycles. The molecular weight excluding hydrogens is 378 g/mol. The number of hydrogen-bond donors (Lipinski definition) is 2. The third-order valence-corrected chi connectivity index (χ3v) is 6.20. The molecule has 5 aromatic rings. The lowest BCUT2D eigenvalue weighted by Crippen LogP contribution is -2.29. The van der Waals surface area contributed by atoms with Crippen LogP contribution in [0.15, 0.2) is 85.1 Å². The fourth-order valence-corrected chi connectivity index (χ4v) is 4.61. The van der Waals surface area contributed by atoms with Crippen LogP contribution >= 0.6 is 11.3 Å². The van der Waals surface area contributed by atoms with Crippen LogP contribution in [0.3, 0.4) is 0 Å². The van der Waals surface area contributed by atoms with Gasteiger partial charge in [-0.1, -0.05) is 48.5 Å². The van der Waals surface area contributed by atoms with E-state index in [4.69, 9.17) is 4.98 Å². The van der Waals surface area contributed by atoms with Gasteiger partial charge < -0.3 is 10.3 Å². The molecule has 4 nitrogen and oxygen atoms in total. The molecule has 1 amide bonds. The highest BCUT2D eigenvalue weighted by Crippen LogP contribution is 2.30.